The monoisotopic (exact) mass is 353 g/mol. The van der Waals surface area contributed by atoms with Crippen LogP contribution < -0.4 is 5.73 Å². The molecule has 0 unspecified atom stereocenters. The molecule has 0 radical (unpaired) electrons. The summed E-state index contributed by atoms with van der Waals surface area (Å²) in [6.07, 6.45) is 0.483. The standard InChI is InChI=1S/C9H9BrINO/c1-2-9(13)5-3-6(10)7(11)4-8(5)12/h3-4H,2,12H2,1H3. The van der Waals surface area contributed by atoms with E-state index in [4.69, 9.17) is 5.73 Å². The van der Waals surface area contributed by atoms with Crippen molar-refractivity contribution in [3.05, 3.63) is 25.7 Å². The first kappa shape index (κ1) is 11.0. The number of nitrogens with two attached hydrogens (primary N) is 1. The molecule has 0 aliphatic rings. The quantitative estimate of drug-likeness (QED) is 0.504. The molecule has 0 saturated carbocycles. The minimum Gasteiger partial charge on any atom is -0.398 e. The van der Waals surface area contributed by atoms with E-state index in [1.54, 1.807) is 12.1 Å². The number of nitrogen functional groups attached to an aromatic ring is 1. The van der Waals surface area contributed by atoms with Crippen LogP contribution in [0.1, 0.15) is 23.7 Å². The highest BCUT2D eigenvalue weighted by Gasteiger charge is 2.09. The molecule has 0 fully saturated rings. The summed E-state index contributed by atoms with van der Waals surface area (Å²) < 4.78 is 1.93. The molecule has 0 amide bonds. The Hall–Kier alpha value is -0.100. The second-order valence-corrected chi connectivity index (χ2v) is 4.65. The molecular weight excluding hydrogens is 345 g/mol. The normalized spacial score (nSPS) is 10.1. The highest BCUT2D eigenvalue weighted by Crippen LogP contribution is 2.25. The Morgan fingerprint density at radius 1 is 1.62 bits per heavy atom. The third-order valence-corrected chi connectivity index (χ3v) is 4.00. The van der Waals surface area contributed by atoms with E-state index < -0.39 is 0 Å². The molecule has 2 nitrogen and oxygen atoms in total. The van der Waals surface area contributed by atoms with Crippen LogP contribution in [0.15, 0.2) is 16.6 Å². The van der Waals surface area contributed by atoms with Crippen molar-refractivity contribution < 1.29 is 4.79 Å². The fourth-order valence-corrected chi connectivity index (χ4v) is 1.83. The van der Waals surface area contributed by atoms with Gasteiger partial charge in [0.05, 0.1) is 0 Å². The Kier molecular flexibility index (Phi) is 3.73. The van der Waals surface area contributed by atoms with Gasteiger partial charge in [0.2, 0.25) is 0 Å². The van der Waals surface area contributed by atoms with Gasteiger partial charge in [-0.3, -0.25) is 4.79 Å². The van der Waals surface area contributed by atoms with Crippen molar-refractivity contribution in [2.24, 2.45) is 0 Å². The third-order valence-electron chi connectivity index (χ3n) is 1.71. The lowest BCUT2D eigenvalue weighted by molar-refractivity contribution is 0.0989. The van der Waals surface area contributed by atoms with Crippen molar-refractivity contribution in [3.8, 4) is 0 Å². The lowest BCUT2D eigenvalue weighted by Crippen LogP contribution is -2.02. The van der Waals surface area contributed by atoms with Crippen molar-refractivity contribution in [1.29, 1.82) is 0 Å². The van der Waals surface area contributed by atoms with E-state index in [1.807, 2.05) is 6.92 Å². The van der Waals surface area contributed by atoms with Crippen molar-refractivity contribution in [3.63, 3.8) is 0 Å². The molecule has 1 rings (SSSR count). The Balaban J connectivity index is 3.23. The van der Waals surface area contributed by atoms with Crippen LogP contribution in [0.3, 0.4) is 0 Å². The van der Waals surface area contributed by atoms with Crippen LogP contribution in [0.25, 0.3) is 0 Å². The third kappa shape index (κ3) is 2.43. The molecule has 1 aromatic carbocycles. The molecule has 2 N–H and O–H groups in total. The maximum absolute atomic E-state index is 11.4. The fourth-order valence-electron chi connectivity index (χ4n) is 0.994. The molecule has 1 aromatic rings. The van der Waals surface area contributed by atoms with Gasteiger partial charge in [0.15, 0.2) is 5.78 Å². The number of Topliss-reactive ketones (excluding diaryl/α,β-unsaturated/α-hetero) is 1. The molecule has 0 spiro atoms. The number of rotatable bonds is 2. The number of carbonyl (C=O) groups excluding carboxylic acids is 1. The van der Waals surface area contributed by atoms with E-state index in [9.17, 15) is 4.79 Å². The number of ketones is 1. The smallest absolute Gasteiger partial charge is 0.164 e. The first-order chi connectivity index (χ1) is 6.06. The number of hydrogen-bond acceptors (Lipinski definition) is 2. The van der Waals surface area contributed by atoms with E-state index in [0.29, 0.717) is 17.7 Å². The second-order valence-electron chi connectivity index (χ2n) is 2.63. The highest BCUT2D eigenvalue weighted by molar-refractivity contribution is 14.1. The van der Waals surface area contributed by atoms with E-state index in [0.717, 1.165) is 8.04 Å². The van der Waals surface area contributed by atoms with Crippen LogP contribution in [-0.4, -0.2) is 5.78 Å². The number of anilines is 1. The molecule has 0 aromatic heterocycles. The lowest BCUT2D eigenvalue weighted by Gasteiger charge is -2.05. The zero-order valence-electron chi connectivity index (χ0n) is 7.10. The van der Waals surface area contributed by atoms with Gasteiger partial charge in [0, 0.05) is 25.7 Å². The lowest BCUT2D eigenvalue weighted by atomic mass is 10.1. The maximum Gasteiger partial charge on any atom is 0.164 e. The summed E-state index contributed by atoms with van der Waals surface area (Å²) in [6.45, 7) is 1.83. The predicted octanol–water partition coefficient (Wildman–Crippen LogP) is 3.23. The Bertz CT molecular complexity index is 352. The fraction of sp³-hybridized carbons (Fsp3) is 0.222. The minimum absolute atomic E-state index is 0.0783. The predicted molar refractivity (Wildman–Crippen MR) is 65.9 cm³/mol. The molecule has 0 aliphatic heterocycles. The van der Waals surface area contributed by atoms with E-state index in [-0.39, 0.29) is 5.78 Å². The van der Waals surface area contributed by atoms with Crippen LogP contribution in [0.2, 0.25) is 0 Å². The molecule has 0 atom stereocenters. The molecule has 0 bridgehead atoms. The van der Waals surface area contributed by atoms with Crippen molar-refractivity contribution >= 4 is 50.0 Å². The Labute approximate surface area is 99.2 Å². The van der Waals surface area contributed by atoms with Crippen LogP contribution in [0, 0.1) is 3.57 Å². The summed E-state index contributed by atoms with van der Waals surface area (Å²) in [6, 6.07) is 3.58. The SMILES string of the molecule is CCC(=O)c1cc(Br)c(I)cc1N. The summed E-state index contributed by atoms with van der Waals surface area (Å²) in [5.74, 6) is 0.0783. The zero-order chi connectivity index (χ0) is 10.0. The van der Waals surface area contributed by atoms with Gasteiger partial charge in [0.1, 0.15) is 0 Å². The molecule has 0 heterocycles. The van der Waals surface area contributed by atoms with Gasteiger partial charge in [-0.05, 0) is 50.7 Å². The number of benzene rings is 1. The summed E-state index contributed by atoms with van der Waals surface area (Å²) in [5.41, 5.74) is 6.88. The summed E-state index contributed by atoms with van der Waals surface area (Å²) in [7, 11) is 0. The minimum atomic E-state index is 0.0783. The van der Waals surface area contributed by atoms with Gasteiger partial charge in [-0.25, -0.2) is 0 Å². The number of carbonyl (C=O) groups is 1. The number of halogens is 2. The molecule has 0 saturated heterocycles. The molecular formula is C9H9BrINO. The van der Waals surface area contributed by atoms with E-state index in [1.165, 1.54) is 0 Å². The molecule has 0 aliphatic carbocycles. The zero-order valence-corrected chi connectivity index (χ0v) is 10.8. The van der Waals surface area contributed by atoms with Crippen LogP contribution in [0.4, 0.5) is 5.69 Å². The summed E-state index contributed by atoms with van der Waals surface area (Å²) in [4.78, 5) is 11.4. The first-order valence-corrected chi connectivity index (χ1v) is 5.71. The average molecular weight is 354 g/mol. The van der Waals surface area contributed by atoms with Crippen LogP contribution in [-0.2, 0) is 0 Å². The second kappa shape index (κ2) is 4.41. The average Bonchev–Trinajstić information content (AvgIpc) is 2.10. The Morgan fingerprint density at radius 3 is 2.77 bits per heavy atom. The van der Waals surface area contributed by atoms with Crippen LogP contribution >= 0.6 is 38.5 Å². The van der Waals surface area contributed by atoms with Gasteiger partial charge in [-0.15, -0.1) is 0 Å². The van der Waals surface area contributed by atoms with Gasteiger partial charge < -0.3 is 5.73 Å². The topological polar surface area (TPSA) is 43.1 Å². The van der Waals surface area contributed by atoms with Crippen molar-refractivity contribution in [2.75, 3.05) is 5.73 Å². The maximum atomic E-state index is 11.4. The molecule has 13 heavy (non-hydrogen) atoms. The first-order valence-electron chi connectivity index (χ1n) is 3.84. The van der Waals surface area contributed by atoms with Gasteiger partial charge in [-0.2, -0.15) is 0 Å². The van der Waals surface area contributed by atoms with Crippen molar-refractivity contribution in [2.45, 2.75) is 13.3 Å². The van der Waals surface area contributed by atoms with Gasteiger partial charge in [0.25, 0.3) is 0 Å². The van der Waals surface area contributed by atoms with Gasteiger partial charge in [-0.1, -0.05) is 6.92 Å². The van der Waals surface area contributed by atoms with Gasteiger partial charge >= 0.3 is 0 Å². The summed E-state index contributed by atoms with van der Waals surface area (Å²) in [5, 5.41) is 0. The number of hydrogen-bond donors (Lipinski definition) is 1. The largest absolute Gasteiger partial charge is 0.398 e. The Morgan fingerprint density at radius 2 is 2.23 bits per heavy atom. The van der Waals surface area contributed by atoms with Crippen LogP contribution in [0.5, 0.6) is 0 Å². The van der Waals surface area contributed by atoms with E-state index >= 15 is 0 Å². The summed E-state index contributed by atoms with van der Waals surface area (Å²) >= 11 is 5.53. The highest BCUT2D eigenvalue weighted by atomic mass is 127. The van der Waals surface area contributed by atoms with E-state index in [2.05, 4.69) is 38.5 Å². The molecule has 4 heteroatoms. The van der Waals surface area contributed by atoms with Crippen molar-refractivity contribution in [1.82, 2.24) is 0 Å². The molecule has 70 valence electrons.